The molecule has 1 rings (SSSR count). The Hall–Kier alpha value is -2.80. The number of benzene rings is 1. The fourth-order valence-electron chi connectivity index (χ4n) is 3.84. The Kier molecular flexibility index (Phi) is 19.4. The van der Waals surface area contributed by atoms with Gasteiger partial charge in [-0.25, -0.2) is 4.79 Å². The molecule has 0 aliphatic heterocycles. The zero-order valence-corrected chi connectivity index (χ0v) is 23.4. The van der Waals surface area contributed by atoms with E-state index < -0.39 is 12.1 Å². The van der Waals surface area contributed by atoms with Gasteiger partial charge in [-0.2, -0.15) is 0 Å². The molecule has 214 valence electrons. The lowest BCUT2D eigenvalue weighted by Crippen LogP contribution is -2.24. The Morgan fingerprint density at radius 2 is 1.47 bits per heavy atom. The van der Waals surface area contributed by atoms with Crippen molar-refractivity contribution in [3.8, 4) is 11.5 Å². The molecule has 7 nitrogen and oxygen atoms in total. The zero-order valence-electron chi connectivity index (χ0n) is 23.4. The minimum absolute atomic E-state index is 0.00198. The first-order valence-electron chi connectivity index (χ1n) is 14.2. The van der Waals surface area contributed by atoms with Crippen LogP contribution < -0.4 is 4.74 Å². The molecule has 0 fully saturated rings. The molecule has 0 heterocycles. The molecule has 1 aromatic rings. The van der Waals surface area contributed by atoms with Crippen LogP contribution in [-0.2, 0) is 19.1 Å². The number of aromatic hydroxyl groups is 1. The van der Waals surface area contributed by atoms with E-state index in [1.165, 1.54) is 76.7 Å². The van der Waals surface area contributed by atoms with E-state index in [1.54, 1.807) is 12.1 Å². The highest BCUT2D eigenvalue weighted by molar-refractivity contribution is 5.87. The van der Waals surface area contributed by atoms with Gasteiger partial charge in [-0.15, -0.1) is 0 Å². The van der Waals surface area contributed by atoms with Crippen LogP contribution >= 0.6 is 0 Å². The second-order valence-electron chi connectivity index (χ2n) is 9.57. The Morgan fingerprint density at radius 3 is 2.13 bits per heavy atom. The number of esters is 2. The van der Waals surface area contributed by atoms with E-state index in [-0.39, 0.29) is 24.9 Å². The lowest BCUT2D eigenvalue weighted by atomic mass is 10.1. The topological polar surface area (TPSA) is 102 Å². The van der Waals surface area contributed by atoms with Crippen molar-refractivity contribution >= 4 is 18.0 Å². The third-order valence-electron chi connectivity index (χ3n) is 6.11. The van der Waals surface area contributed by atoms with Gasteiger partial charge < -0.3 is 24.4 Å². The van der Waals surface area contributed by atoms with Gasteiger partial charge >= 0.3 is 11.9 Å². The molecule has 0 aliphatic carbocycles. The lowest BCUT2D eigenvalue weighted by molar-refractivity contribution is -0.150. The number of phenols is 1. The van der Waals surface area contributed by atoms with Crippen molar-refractivity contribution in [2.45, 2.75) is 103 Å². The number of phenolic OH excluding ortho intramolecular Hbond substituents is 1. The highest BCUT2D eigenvalue weighted by Gasteiger charge is 2.11. The zero-order chi connectivity index (χ0) is 27.8. The standard InChI is InChI=1S/C31H48O7/c1-3-4-5-6-7-8-9-10-11-12-13-14-15-16-17-18-30(34)37-24-27(32)25-38-31(35)22-20-26-19-21-28(33)29(23-26)36-2/h10-11,19-23,27,32-33H,3-9,12-18,24-25H2,1-2H3. The van der Waals surface area contributed by atoms with Crippen molar-refractivity contribution in [2.75, 3.05) is 20.3 Å². The largest absolute Gasteiger partial charge is 0.504 e. The first kappa shape index (κ1) is 33.2. The number of aliphatic hydroxyl groups is 1. The van der Waals surface area contributed by atoms with E-state index in [0.717, 1.165) is 32.1 Å². The maximum Gasteiger partial charge on any atom is 0.330 e. The van der Waals surface area contributed by atoms with Gasteiger partial charge in [-0.3, -0.25) is 4.79 Å². The van der Waals surface area contributed by atoms with E-state index in [1.807, 2.05) is 0 Å². The summed E-state index contributed by atoms with van der Waals surface area (Å²) in [7, 11) is 1.43. The Balaban J connectivity index is 2.00. The second kappa shape index (κ2) is 22.2. The fraction of sp³-hybridized carbons (Fsp3) is 0.613. The number of hydrogen-bond acceptors (Lipinski definition) is 7. The fourth-order valence-corrected chi connectivity index (χ4v) is 3.84. The molecule has 38 heavy (non-hydrogen) atoms. The molecule has 1 atom stereocenters. The molecule has 0 bridgehead atoms. The van der Waals surface area contributed by atoms with Crippen molar-refractivity contribution < 1.29 is 34.0 Å². The van der Waals surface area contributed by atoms with Gasteiger partial charge in [0.2, 0.25) is 0 Å². The summed E-state index contributed by atoms with van der Waals surface area (Å²) in [6, 6.07) is 4.65. The van der Waals surface area contributed by atoms with Crippen LogP contribution in [0.2, 0.25) is 0 Å². The van der Waals surface area contributed by atoms with Crippen LogP contribution in [0.25, 0.3) is 6.08 Å². The van der Waals surface area contributed by atoms with Gasteiger partial charge in [0, 0.05) is 12.5 Å². The van der Waals surface area contributed by atoms with Crippen LogP contribution in [0, 0.1) is 0 Å². The van der Waals surface area contributed by atoms with Gasteiger partial charge in [-0.05, 0) is 55.9 Å². The predicted molar refractivity (Wildman–Crippen MR) is 151 cm³/mol. The van der Waals surface area contributed by atoms with E-state index in [9.17, 15) is 19.8 Å². The third-order valence-corrected chi connectivity index (χ3v) is 6.11. The summed E-state index contributed by atoms with van der Waals surface area (Å²) in [5, 5.41) is 19.5. The summed E-state index contributed by atoms with van der Waals surface area (Å²) in [5.74, 6) is -0.702. The highest BCUT2D eigenvalue weighted by Crippen LogP contribution is 2.26. The van der Waals surface area contributed by atoms with Crippen molar-refractivity contribution in [2.24, 2.45) is 0 Å². The van der Waals surface area contributed by atoms with Crippen molar-refractivity contribution in [1.29, 1.82) is 0 Å². The average Bonchev–Trinajstić information content (AvgIpc) is 2.92. The monoisotopic (exact) mass is 532 g/mol. The molecule has 1 aromatic carbocycles. The quantitative estimate of drug-likeness (QED) is 0.0725. The Labute approximate surface area is 228 Å². The summed E-state index contributed by atoms with van der Waals surface area (Å²) in [4.78, 5) is 23.7. The summed E-state index contributed by atoms with van der Waals surface area (Å²) in [6.07, 6.45) is 22.1. The summed E-state index contributed by atoms with van der Waals surface area (Å²) in [5.41, 5.74) is 0.640. The smallest absolute Gasteiger partial charge is 0.330 e. The summed E-state index contributed by atoms with van der Waals surface area (Å²) >= 11 is 0. The Bertz CT molecular complexity index is 832. The predicted octanol–water partition coefficient (Wildman–Crippen LogP) is 6.90. The average molecular weight is 533 g/mol. The molecule has 2 N–H and O–H groups in total. The molecular weight excluding hydrogens is 484 g/mol. The number of aliphatic hydroxyl groups excluding tert-OH is 1. The van der Waals surface area contributed by atoms with Gasteiger partial charge in [0.15, 0.2) is 11.5 Å². The number of carbonyl (C=O) groups is 2. The normalized spacial score (nSPS) is 12.2. The molecule has 0 aliphatic rings. The van der Waals surface area contributed by atoms with Gasteiger partial charge in [0.1, 0.15) is 19.3 Å². The number of allylic oxidation sites excluding steroid dienone is 2. The molecule has 0 saturated carbocycles. The van der Waals surface area contributed by atoms with Crippen LogP contribution in [0.1, 0.15) is 102 Å². The number of hydrogen-bond donors (Lipinski definition) is 2. The van der Waals surface area contributed by atoms with Crippen LogP contribution in [0.4, 0.5) is 0 Å². The molecule has 0 spiro atoms. The molecule has 0 radical (unpaired) electrons. The molecule has 0 aromatic heterocycles. The van der Waals surface area contributed by atoms with E-state index in [4.69, 9.17) is 14.2 Å². The minimum atomic E-state index is -1.08. The number of ether oxygens (including phenoxy) is 3. The number of carbonyl (C=O) groups excluding carboxylic acids is 2. The molecule has 0 amide bonds. The molecule has 7 heteroatoms. The van der Waals surface area contributed by atoms with Crippen LogP contribution in [-0.4, -0.2) is 48.6 Å². The number of unbranched alkanes of at least 4 members (excludes halogenated alkanes) is 11. The second-order valence-corrected chi connectivity index (χ2v) is 9.57. The Morgan fingerprint density at radius 1 is 0.868 bits per heavy atom. The van der Waals surface area contributed by atoms with E-state index in [2.05, 4.69) is 19.1 Å². The SMILES string of the molecule is CCCCCCCCC=CCCCCCCCC(=O)OCC(O)COC(=O)C=Cc1ccc(O)c(OC)c1. The first-order valence-corrected chi connectivity index (χ1v) is 14.2. The van der Waals surface area contributed by atoms with Crippen molar-refractivity contribution in [1.82, 2.24) is 0 Å². The maximum atomic E-state index is 11.9. The van der Waals surface area contributed by atoms with E-state index in [0.29, 0.717) is 17.7 Å². The summed E-state index contributed by atoms with van der Waals surface area (Å²) < 4.78 is 15.1. The van der Waals surface area contributed by atoms with Crippen molar-refractivity contribution in [3.63, 3.8) is 0 Å². The van der Waals surface area contributed by atoms with Crippen molar-refractivity contribution in [3.05, 3.63) is 42.0 Å². The lowest BCUT2D eigenvalue weighted by Gasteiger charge is -2.11. The van der Waals surface area contributed by atoms with Gasteiger partial charge in [-0.1, -0.05) is 76.5 Å². The minimum Gasteiger partial charge on any atom is -0.504 e. The summed E-state index contributed by atoms with van der Waals surface area (Å²) in [6.45, 7) is 1.76. The van der Waals surface area contributed by atoms with E-state index >= 15 is 0 Å². The molecule has 1 unspecified atom stereocenters. The molecular formula is C31H48O7. The van der Waals surface area contributed by atoms with Gasteiger partial charge in [0.25, 0.3) is 0 Å². The third kappa shape index (κ3) is 17.6. The highest BCUT2D eigenvalue weighted by atomic mass is 16.6. The number of methoxy groups -OCH3 is 1. The maximum absolute atomic E-state index is 11.9. The first-order chi connectivity index (χ1) is 18.5. The van der Waals surface area contributed by atoms with Gasteiger partial charge in [0.05, 0.1) is 7.11 Å². The van der Waals surface area contributed by atoms with Crippen LogP contribution in [0.5, 0.6) is 11.5 Å². The van der Waals surface area contributed by atoms with Crippen LogP contribution in [0.15, 0.2) is 36.4 Å². The number of rotatable bonds is 22. The molecule has 0 saturated heterocycles. The van der Waals surface area contributed by atoms with Crippen LogP contribution in [0.3, 0.4) is 0 Å².